The number of ether oxygens (including phenoxy) is 1. The van der Waals surface area contributed by atoms with Gasteiger partial charge in [-0.2, -0.15) is 4.31 Å². The molecule has 0 aliphatic carbocycles. The molecule has 112 valence electrons. The van der Waals surface area contributed by atoms with Crippen LogP contribution in [0.5, 0.6) is 0 Å². The highest BCUT2D eigenvalue weighted by atomic mass is 32.2. The molecule has 1 aromatic rings. The van der Waals surface area contributed by atoms with Crippen molar-refractivity contribution in [2.75, 3.05) is 26.8 Å². The highest BCUT2D eigenvalue weighted by Gasteiger charge is 2.21. The second-order valence-electron chi connectivity index (χ2n) is 4.36. The smallest absolute Gasteiger partial charge is 0.242 e. The van der Waals surface area contributed by atoms with Gasteiger partial charge in [-0.1, -0.05) is 18.3 Å². The van der Waals surface area contributed by atoms with E-state index in [2.05, 4.69) is 0 Å². The predicted octanol–water partition coefficient (Wildman–Crippen LogP) is 1.29. The Morgan fingerprint density at radius 3 is 2.60 bits per heavy atom. The van der Waals surface area contributed by atoms with Crippen molar-refractivity contribution in [3.8, 4) is 0 Å². The van der Waals surface area contributed by atoms with Crippen LogP contribution < -0.4 is 5.73 Å². The quantitative estimate of drug-likeness (QED) is 0.606. The van der Waals surface area contributed by atoms with E-state index in [0.29, 0.717) is 25.3 Å². The van der Waals surface area contributed by atoms with Crippen LogP contribution in [-0.4, -0.2) is 44.5 Å². The predicted molar refractivity (Wildman–Crippen MR) is 83.4 cm³/mol. The molecule has 0 atom stereocenters. The molecule has 0 saturated carbocycles. The fourth-order valence-corrected chi connectivity index (χ4v) is 3.18. The summed E-state index contributed by atoms with van der Waals surface area (Å²) in [7, 11) is -1.98. The van der Waals surface area contributed by atoms with Gasteiger partial charge < -0.3 is 10.5 Å². The van der Waals surface area contributed by atoms with E-state index in [-0.39, 0.29) is 9.88 Å². The van der Waals surface area contributed by atoms with Gasteiger partial charge in [0, 0.05) is 25.8 Å². The van der Waals surface area contributed by atoms with Gasteiger partial charge in [-0.15, -0.1) is 0 Å². The molecule has 0 aromatic heterocycles. The van der Waals surface area contributed by atoms with E-state index in [4.69, 9.17) is 22.7 Å². The molecule has 0 unspecified atom stereocenters. The summed E-state index contributed by atoms with van der Waals surface area (Å²) >= 11 is 4.91. The molecular weight excluding hydrogens is 296 g/mol. The van der Waals surface area contributed by atoms with Crippen LogP contribution in [0.15, 0.2) is 23.1 Å². The number of hydrogen-bond donors (Lipinski definition) is 1. The Kier molecular flexibility index (Phi) is 6.07. The number of aryl methyl sites for hydroxylation is 1. The van der Waals surface area contributed by atoms with Crippen molar-refractivity contribution in [1.82, 2.24) is 4.31 Å². The fraction of sp³-hybridized carbons (Fsp3) is 0.462. The standard InChI is InChI=1S/C13H20N2O3S2/c1-4-18-8-7-15(3)20(16,17)11-5-6-12(13(14)19)10(2)9-11/h5-6,9H,4,7-8H2,1-3H3,(H2,14,19). The summed E-state index contributed by atoms with van der Waals surface area (Å²) in [4.78, 5) is 0.491. The topological polar surface area (TPSA) is 72.6 Å². The van der Waals surface area contributed by atoms with Gasteiger partial charge in [0.1, 0.15) is 4.99 Å². The minimum atomic E-state index is -3.52. The van der Waals surface area contributed by atoms with Crippen LogP contribution in [0.2, 0.25) is 0 Å². The van der Waals surface area contributed by atoms with Gasteiger partial charge in [0.15, 0.2) is 0 Å². The summed E-state index contributed by atoms with van der Waals surface area (Å²) in [6, 6.07) is 4.75. The van der Waals surface area contributed by atoms with Crippen LogP contribution in [0.1, 0.15) is 18.1 Å². The van der Waals surface area contributed by atoms with E-state index >= 15 is 0 Å². The van der Waals surface area contributed by atoms with Crippen LogP contribution in [0.4, 0.5) is 0 Å². The second-order valence-corrected chi connectivity index (χ2v) is 6.85. The van der Waals surface area contributed by atoms with Gasteiger partial charge in [0.05, 0.1) is 11.5 Å². The van der Waals surface area contributed by atoms with Gasteiger partial charge in [-0.25, -0.2) is 8.42 Å². The van der Waals surface area contributed by atoms with Crippen molar-refractivity contribution in [2.24, 2.45) is 5.73 Å². The van der Waals surface area contributed by atoms with Crippen LogP contribution in [-0.2, 0) is 14.8 Å². The number of nitrogens with two attached hydrogens (primary N) is 1. The zero-order valence-corrected chi connectivity index (χ0v) is 13.6. The van der Waals surface area contributed by atoms with E-state index in [1.165, 1.54) is 17.4 Å². The molecule has 0 heterocycles. The zero-order chi connectivity index (χ0) is 15.3. The van der Waals surface area contributed by atoms with Crippen molar-refractivity contribution in [3.05, 3.63) is 29.3 Å². The average molecular weight is 316 g/mol. The molecule has 2 N–H and O–H groups in total. The molecule has 0 aliphatic rings. The van der Waals surface area contributed by atoms with Crippen LogP contribution in [0.3, 0.4) is 0 Å². The molecule has 0 radical (unpaired) electrons. The van der Waals surface area contributed by atoms with Crippen molar-refractivity contribution in [1.29, 1.82) is 0 Å². The van der Waals surface area contributed by atoms with Crippen molar-refractivity contribution < 1.29 is 13.2 Å². The highest BCUT2D eigenvalue weighted by Crippen LogP contribution is 2.18. The molecule has 0 bridgehead atoms. The van der Waals surface area contributed by atoms with Gasteiger partial charge >= 0.3 is 0 Å². The van der Waals surface area contributed by atoms with Gasteiger partial charge in [-0.05, 0) is 31.5 Å². The number of hydrogen-bond acceptors (Lipinski definition) is 4. The molecule has 1 aromatic carbocycles. The summed E-state index contributed by atoms with van der Waals surface area (Å²) in [5.74, 6) is 0. The lowest BCUT2D eigenvalue weighted by Gasteiger charge is -2.18. The minimum absolute atomic E-state index is 0.231. The van der Waals surface area contributed by atoms with Gasteiger partial charge in [-0.3, -0.25) is 0 Å². The number of thiocarbonyl (C=S) groups is 1. The molecule has 7 heteroatoms. The third-order valence-corrected chi connectivity index (χ3v) is 5.00. The van der Waals surface area contributed by atoms with E-state index in [9.17, 15) is 8.42 Å². The highest BCUT2D eigenvalue weighted by molar-refractivity contribution is 7.89. The van der Waals surface area contributed by atoms with Crippen LogP contribution in [0.25, 0.3) is 0 Å². The number of nitrogens with zero attached hydrogens (tertiary/aromatic N) is 1. The Bertz CT molecular complexity index is 585. The molecule has 20 heavy (non-hydrogen) atoms. The number of likely N-dealkylation sites (N-methyl/N-ethyl adjacent to an activating group) is 1. The lowest BCUT2D eigenvalue weighted by molar-refractivity contribution is 0.138. The van der Waals surface area contributed by atoms with Crippen LogP contribution >= 0.6 is 12.2 Å². The van der Waals surface area contributed by atoms with Gasteiger partial charge in [0.25, 0.3) is 0 Å². The Labute approximate surface area is 125 Å². The van der Waals surface area contributed by atoms with Crippen molar-refractivity contribution in [3.63, 3.8) is 0 Å². The first-order valence-corrected chi connectivity index (χ1v) is 8.10. The lowest BCUT2D eigenvalue weighted by atomic mass is 10.1. The maximum absolute atomic E-state index is 12.4. The van der Waals surface area contributed by atoms with E-state index in [0.717, 1.165) is 5.56 Å². The van der Waals surface area contributed by atoms with Gasteiger partial charge in [0.2, 0.25) is 10.0 Å². The average Bonchev–Trinajstić information content (AvgIpc) is 2.38. The first-order valence-electron chi connectivity index (χ1n) is 6.25. The lowest BCUT2D eigenvalue weighted by Crippen LogP contribution is -2.30. The summed E-state index contributed by atoms with van der Waals surface area (Å²) < 4.78 is 31.2. The molecule has 0 spiro atoms. The molecule has 0 aliphatic heterocycles. The van der Waals surface area contributed by atoms with E-state index < -0.39 is 10.0 Å². The summed E-state index contributed by atoms with van der Waals surface area (Å²) in [6.07, 6.45) is 0. The first-order chi connectivity index (χ1) is 9.30. The largest absolute Gasteiger partial charge is 0.389 e. The number of sulfonamides is 1. The molecule has 0 amide bonds. The number of benzene rings is 1. The third kappa shape index (κ3) is 3.99. The van der Waals surface area contributed by atoms with Crippen molar-refractivity contribution in [2.45, 2.75) is 18.7 Å². The Hall–Kier alpha value is -1.02. The van der Waals surface area contributed by atoms with Crippen molar-refractivity contribution >= 4 is 27.2 Å². The first kappa shape index (κ1) is 17.0. The SMILES string of the molecule is CCOCCN(C)S(=O)(=O)c1ccc(C(N)=S)c(C)c1. The summed E-state index contributed by atoms with van der Waals surface area (Å²) in [5.41, 5.74) is 7.01. The maximum Gasteiger partial charge on any atom is 0.242 e. The minimum Gasteiger partial charge on any atom is -0.389 e. The monoisotopic (exact) mass is 316 g/mol. The second kappa shape index (κ2) is 7.12. The molecular formula is C13H20N2O3S2. The Morgan fingerprint density at radius 2 is 2.10 bits per heavy atom. The summed E-state index contributed by atoms with van der Waals surface area (Å²) in [6.45, 7) is 4.90. The normalized spacial score (nSPS) is 11.8. The molecule has 1 rings (SSSR count). The summed E-state index contributed by atoms with van der Waals surface area (Å²) in [5, 5.41) is 0. The molecule has 0 saturated heterocycles. The fourth-order valence-electron chi connectivity index (χ4n) is 1.71. The Balaban J connectivity index is 2.98. The zero-order valence-electron chi connectivity index (χ0n) is 11.9. The third-order valence-electron chi connectivity index (χ3n) is 2.93. The Morgan fingerprint density at radius 1 is 1.45 bits per heavy atom. The van der Waals surface area contributed by atoms with E-state index in [1.54, 1.807) is 19.1 Å². The van der Waals surface area contributed by atoms with Crippen LogP contribution in [0, 0.1) is 6.92 Å². The number of rotatable bonds is 7. The maximum atomic E-state index is 12.4. The molecule has 5 nitrogen and oxygen atoms in total. The van der Waals surface area contributed by atoms with E-state index in [1.807, 2.05) is 6.92 Å². The molecule has 0 fully saturated rings.